The molecule has 2 aromatic rings. The molecule has 0 radical (unpaired) electrons. The van der Waals surface area contributed by atoms with E-state index < -0.39 is 0 Å². The molecule has 0 aliphatic heterocycles. The number of aryl methyl sites for hydroxylation is 1. The molecular weight excluding hydrogens is 192 g/mol. The third-order valence-electron chi connectivity index (χ3n) is 2.11. The van der Waals surface area contributed by atoms with E-state index in [0.717, 1.165) is 24.4 Å². The first-order chi connectivity index (χ1) is 7.31. The minimum Gasteiger partial charge on any atom is -0.329 e. The maximum atomic E-state index is 11.1. The summed E-state index contributed by atoms with van der Waals surface area (Å²) in [4.78, 5) is 13.7. The zero-order valence-electron chi connectivity index (χ0n) is 8.47. The zero-order valence-corrected chi connectivity index (χ0v) is 8.47. The van der Waals surface area contributed by atoms with Crippen LogP contribution in [0.25, 0.3) is 11.4 Å². The van der Waals surface area contributed by atoms with Gasteiger partial charge in [0, 0.05) is 24.4 Å². The van der Waals surface area contributed by atoms with Gasteiger partial charge in [-0.05, 0) is 12.5 Å². The monoisotopic (exact) mass is 204 g/mol. The van der Waals surface area contributed by atoms with Crippen molar-refractivity contribution >= 4 is 0 Å². The van der Waals surface area contributed by atoms with Crippen molar-refractivity contribution in [2.24, 2.45) is 0 Å². The Labute approximate surface area is 86.8 Å². The Kier molecular flexibility index (Phi) is 2.62. The second kappa shape index (κ2) is 4.08. The summed E-state index contributed by atoms with van der Waals surface area (Å²) in [5.74, 6) is 0.739. The number of aromatic nitrogens is 4. The Morgan fingerprint density at radius 2 is 2.40 bits per heavy atom. The first kappa shape index (κ1) is 9.64. The smallest absolute Gasteiger partial charge is 0.248 e. The van der Waals surface area contributed by atoms with Gasteiger partial charge in [-0.2, -0.15) is 0 Å². The van der Waals surface area contributed by atoms with Crippen molar-refractivity contribution in [1.29, 1.82) is 0 Å². The van der Waals surface area contributed by atoms with Gasteiger partial charge in [0.15, 0.2) is 5.82 Å². The molecule has 1 N–H and O–H groups in total. The van der Waals surface area contributed by atoms with E-state index in [2.05, 4.69) is 22.1 Å². The molecule has 0 amide bonds. The van der Waals surface area contributed by atoms with E-state index in [1.807, 2.05) is 10.6 Å². The van der Waals surface area contributed by atoms with E-state index >= 15 is 0 Å². The first-order valence-corrected chi connectivity index (χ1v) is 4.88. The van der Waals surface area contributed by atoms with Crippen LogP contribution >= 0.6 is 0 Å². The van der Waals surface area contributed by atoms with Gasteiger partial charge in [-0.1, -0.05) is 6.92 Å². The summed E-state index contributed by atoms with van der Waals surface area (Å²) >= 11 is 0. The average Bonchev–Trinajstić information content (AvgIpc) is 2.66. The Hall–Kier alpha value is -1.91. The molecule has 5 nitrogen and oxygen atoms in total. The van der Waals surface area contributed by atoms with Gasteiger partial charge in [0.25, 0.3) is 0 Å². The Bertz CT molecular complexity index is 500. The van der Waals surface area contributed by atoms with Crippen molar-refractivity contribution in [1.82, 2.24) is 19.7 Å². The fraction of sp³-hybridized carbons (Fsp3) is 0.300. The lowest BCUT2D eigenvalue weighted by atomic mass is 10.2. The molecule has 0 spiro atoms. The second-order valence-corrected chi connectivity index (χ2v) is 3.29. The summed E-state index contributed by atoms with van der Waals surface area (Å²) in [5.41, 5.74) is 0.670. The molecule has 0 unspecified atom stereocenters. The largest absolute Gasteiger partial charge is 0.329 e. The molecule has 0 fully saturated rings. The number of pyridine rings is 1. The van der Waals surface area contributed by atoms with E-state index in [1.54, 1.807) is 12.5 Å². The van der Waals surface area contributed by atoms with Gasteiger partial charge in [-0.3, -0.25) is 4.79 Å². The van der Waals surface area contributed by atoms with Crippen LogP contribution in [0.2, 0.25) is 0 Å². The van der Waals surface area contributed by atoms with Gasteiger partial charge in [0.1, 0.15) is 6.33 Å². The molecule has 2 heterocycles. The lowest BCUT2D eigenvalue weighted by Gasteiger charge is -2.03. The molecule has 15 heavy (non-hydrogen) atoms. The van der Waals surface area contributed by atoms with E-state index in [9.17, 15) is 4.79 Å². The van der Waals surface area contributed by atoms with Crippen LogP contribution in [0.4, 0.5) is 0 Å². The molecule has 5 heteroatoms. The van der Waals surface area contributed by atoms with Crippen LogP contribution in [-0.2, 0) is 6.54 Å². The predicted octanol–water partition coefficient (Wildman–Crippen LogP) is 1.04. The van der Waals surface area contributed by atoms with Crippen molar-refractivity contribution in [2.45, 2.75) is 19.9 Å². The number of nitrogens with zero attached hydrogens (tertiary/aromatic N) is 3. The Morgan fingerprint density at radius 3 is 3.13 bits per heavy atom. The molecule has 0 aliphatic carbocycles. The maximum Gasteiger partial charge on any atom is 0.248 e. The summed E-state index contributed by atoms with van der Waals surface area (Å²) in [5, 5.41) is 7.85. The van der Waals surface area contributed by atoms with Gasteiger partial charge in [-0.25, -0.2) is 0 Å². The molecule has 78 valence electrons. The van der Waals surface area contributed by atoms with Gasteiger partial charge < -0.3 is 9.55 Å². The van der Waals surface area contributed by atoms with Crippen molar-refractivity contribution in [3.05, 3.63) is 35.0 Å². The van der Waals surface area contributed by atoms with Crippen LogP contribution in [-0.4, -0.2) is 19.7 Å². The molecular formula is C10H12N4O. The fourth-order valence-electron chi connectivity index (χ4n) is 1.47. The van der Waals surface area contributed by atoms with Crippen LogP contribution in [0.1, 0.15) is 13.3 Å². The maximum absolute atomic E-state index is 11.1. The van der Waals surface area contributed by atoms with Gasteiger partial charge in [-0.15, -0.1) is 10.2 Å². The molecule has 2 aromatic heterocycles. The number of H-pyrrole nitrogens is 1. The highest BCUT2D eigenvalue weighted by atomic mass is 16.1. The summed E-state index contributed by atoms with van der Waals surface area (Å²) in [6.07, 6.45) is 4.30. The lowest BCUT2D eigenvalue weighted by Crippen LogP contribution is -2.05. The van der Waals surface area contributed by atoms with Crippen LogP contribution in [0.5, 0.6) is 0 Å². The number of rotatable bonds is 3. The van der Waals surface area contributed by atoms with Gasteiger partial charge >= 0.3 is 0 Å². The van der Waals surface area contributed by atoms with Gasteiger partial charge in [0.2, 0.25) is 5.56 Å². The molecule has 0 aliphatic rings. The molecule has 0 saturated heterocycles. The molecule has 0 bridgehead atoms. The van der Waals surface area contributed by atoms with Gasteiger partial charge in [0.05, 0.1) is 0 Å². The topological polar surface area (TPSA) is 63.6 Å². The van der Waals surface area contributed by atoms with E-state index in [-0.39, 0.29) is 5.56 Å². The quantitative estimate of drug-likeness (QED) is 0.812. The first-order valence-electron chi connectivity index (χ1n) is 4.88. The predicted molar refractivity (Wildman–Crippen MR) is 56.4 cm³/mol. The number of nitrogens with one attached hydrogen (secondary N) is 1. The number of hydrogen-bond donors (Lipinski definition) is 1. The van der Waals surface area contributed by atoms with Crippen molar-refractivity contribution in [2.75, 3.05) is 0 Å². The highest BCUT2D eigenvalue weighted by Gasteiger charge is 2.06. The normalized spacial score (nSPS) is 10.5. The highest BCUT2D eigenvalue weighted by Crippen LogP contribution is 2.13. The minimum absolute atomic E-state index is 0.126. The molecule has 0 atom stereocenters. The summed E-state index contributed by atoms with van der Waals surface area (Å²) in [6.45, 7) is 2.94. The zero-order chi connectivity index (χ0) is 10.7. The Balaban J connectivity index is 2.44. The molecule has 0 aromatic carbocycles. The summed E-state index contributed by atoms with van der Waals surface area (Å²) in [6, 6.07) is 3.34. The second-order valence-electron chi connectivity index (χ2n) is 3.29. The number of hydrogen-bond acceptors (Lipinski definition) is 3. The van der Waals surface area contributed by atoms with Crippen molar-refractivity contribution < 1.29 is 0 Å². The number of aromatic amines is 1. The van der Waals surface area contributed by atoms with E-state index in [1.165, 1.54) is 6.07 Å². The van der Waals surface area contributed by atoms with Crippen molar-refractivity contribution in [3.8, 4) is 11.4 Å². The average molecular weight is 204 g/mol. The van der Waals surface area contributed by atoms with Crippen LogP contribution in [0.3, 0.4) is 0 Å². The van der Waals surface area contributed by atoms with E-state index in [0.29, 0.717) is 0 Å². The molecule has 2 rings (SSSR count). The highest BCUT2D eigenvalue weighted by molar-refractivity contribution is 5.53. The molecule has 0 saturated carbocycles. The Morgan fingerprint density at radius 1 is 1.53 bits per heavy atom. The summed E-state index contributed by atoms with van der Waals surface area (Å²) in [7, 11) is 0. The lowest BCUT2D eigenvalue weighted by molar-refractivity contribution is 0.682. The third-order valence-corrected chi connectivity index (χ3v) is 2.11. The van der Waals surface area contributed by atoms with Crippen LogP contribution in [0.15, 0.2) is 29.5 Å². The minimum atomic E-state index is -0.126. The van der Waals surface area contributed by atoms with Crippen LogP contribution < -0.4 is 5.56 Å². The standard InChI is InChI=1S/C10H12N4O/c1-2-5-14-7-12-13-10(14)8-3-4-11-9(15)6-8/h3-4,6-7H,2,5H2,1H3,(H,11,15). The third kappa shape index (κ3) is 1.96. The SMILES string of the molecule is CCCn1cnnc1-c1cc[nH]c(=O)c1. The summed E-state index contributed by atoms with van der Waals surface area (Å²) < 4.78 is 1.94. The van der Waals surface area contributed by atoms with E-state index in [4.69, 9.17) is 0 Å². The van der Waals surface area contributed by atoms with Crippen molar-refractivity contribution in [3.63, 3.8) is 0 Å². The van der Waals surface area contributed by atoms with Crippen LogP contribution in [0, 0.1) is 0 Å². The fourth-order valence-corrected chi connectivity index (χ4v) is 1.47.